The van der Waals surface area contributed by atoms with Crippen LogP contribution in [0.2, 0.25) is 0 Å². The number of nitrogens with zero attached hydrogens (tertiary/aromatic N) is 3. The Morgan fingerprint density at radius 2 is 1.65 bits per heavy atom. The highest BCUT2D eigenvalue weighted by molar-refractivity contribution is 5.94. The number of amides is 3. The zero-order valence-electron chi connectivity index (χ0n) is 18.3. The molecule has 14 nitrogen and oxygen atoms in total. The molecule has 3 heterocycles. The number of aromatic nitrogens is 4. The molecule has 14 heteroatoms. The summed E-state index contributed by atoms with van der Waals surface area (Å²) in [5.74, 6) is -3.11. The number of nitrogens with one attached hydrogen (secondary N) is 4. The summed E-state index contributed by atoms with van der Waals surface area (Å²) in [6.07, 6.45) is 6.80. The topological polar surface area (TPSA) is 219 Å². The third-order valence-electron chi connectivity index (χ3n) is 5.54. The molecule has 1 aliphatic rings. The molecule has 184 valence electrons. The van der Waals surface area contributed by atoms with Gasteiger partial charge in [-0.15, -0.1) is 0 Å². The molecule has 0 aliphatic carbocycles. The van der Waals surface area contributed by atoms with E-state index in [0.29, 0.717) is 24.2 Å². The number of H-pyrrole nitrogens is 2. The van der Waals surface area contributed by atoms with Crippen LogP contribution < -0.4 is 16.4 Å². The molecule has 34 heavy (non-hydrogen) atoms. The lowest BCUT2D eigenvalue weighted by atomic mass is 10.1. The van der Waals surface area contributed by atoms with Crippen LogP contribution >= 0.6 is 0 Å². The molecule has 3 rings (SSSR count). The fourth-order valence-corrected chi connectivity index (χ4v) is 3.75. The summed E-state index contributed by atoms with van der Waals surface area (Å²) >= 11 is 0. The maximum absolute atomic E-state index is 13.3. The Kier molecular flexibility index (Phi) is 8.32. The van der Waals surface area contributed by atoms with Crippen molar-refractivity contribution in [3.05, 3.63) is 36.4 Å². The zero-order chi connectivity index (χ0) is 24.7. The first-order chi connectivity index (χ1) is 16.3. The van der Waals surface area contributed by atoms with Crippen LogP contribution in [0.25, 0.3) is 0 Å². The van der Waals surface area contributed by atoms with Gasteiger partial charge in [0, 0.05) is 31.8 Å². The Hall–Kier alpha value is -3.78. The van der Waals surface area contributed by atoms with Gasteiger partial charge in [0.15, 0.2) is 0 Å². The minimum atomic E-state index is -1.24. The van der Waals surface area contributed by atoms with Crippen LogP contribution in [0.3, 0.4) is 0 Å². The van der Waals surface area contributed by atoms with E-state index in [1.54, 1.807) is 12.4 Å². The molecule has 1 aliphatic heterocycles. The van der Waals surface area contributed by atoms with E-state index >= 15 is 0 Å². The van der Waals surface area contributed by atoms with Crippen molar-refractivity contribution in [2.75, 3.05) is 13.2 Å². The van der Waals surface area contributed by atoms with Crippen LogP contribution in [0.1, 0.15) is 24.2 Å². The average Bonchev–Trinajstić information content (AvgIpc) is 3.59. The molecule has 0 spiro atoms. The van der Waals surface area contributed by atoms with E-state index in [0.717, 1.165) is 0 Å². The van der Waals surface area contributed by atoms with E-state index in [1.807, 2.05) is 0 Å². The first kappa shape index (κ1) is 24.9. The molecular weight excluding hydrogens is 448 g/mol. The number of imidazole rings is 2. The number of rotatable bonds is 11. The van der Waals surface area contributed by atoms with Crippen LogP contribution in [0.5, 0.6) is 0 Å². The lowest BCUT2D eigenvalue weighted by Crippen LogP contribution is -2.58. The Labute approximate surface area is 194 Å². The molecule has 0 bridgehead atoms. The second kappa shape index (κ2) is 11.4. The van der Waals surface area contributed by atoms with Gasteiger partial charge < -0.3 is 41.4 Å². The van der Waals surface area contributed by atoms with E-state index in [9.17, 15) is 24.3 Å². The molecule has 3 amide bonds. The monoisotopic (exact) mass is 476 g/mol. The molecule has 0 unspecified atom stereocenters. The predicted molar refractivity (Wildman–Crippen MR) is 116 cm³/mol. The Morgan fingerprint density at radius 1 is 1.06 bits per heavy atom. The third kappa shape index (κ3) is 6.17. The van der Waals surface area contributed by atoms with E-state index in [2.05, 4.69) is 30.6 Å². The molecular formula is C20H28N8O6. The van der Waals surface area contributed by atoms with E-state index in [-0.39, 0.29) is 19.4 Å². The highest BCUT2D eigenvalue weighted by Gasteiger charge is 2.38. The standard InChI is InChI=1S/C20H28N8O6/c21-13(8-29)17(30)26-14(4-11-6-22-9-24-11)18(31)27-15(5-12-7-23-10-25-12)19(32)28-3-1-2-16(28)20(33)34/h6-7,9-10,13-16,29H,1-5,8,21H2,(H,22,24)(H,23,25)(H,26,30)(H,27,31)(H,33,34)/t13-,14-,15-,16-/m0/s1. The van der Waals surface area contributed by atoms with Gasteiger partial charge in [0.05, 0.1) is 30.6 Å². The number of hydrogen-bond donors (Lipinski definition) is 7. The van der Waals surface area contributed by atoms with Gasteiger partial charge in [0.25, 0.3) is 0 Å². The van der Waals surface area contributed by atoms with Crippen LogP contribution in [-0.4, -0.2) is 96.1 Å². The van der Waals surface area contributed by atoms with Crippen molar-refractivity contribution in [2.45, 2.75) is 49.9 Å². The largest absolute Gasteiger partial charge is 0.480 e. The number of likely N-dealkylation sites (tertiary alicyclic amines) is 1. The van der Waals surface area contributed by atoms with Crippen molar-refractivity contribution in [3.63, 3.8) is 0 Å². The van der Waals surface area contributed by atoms with Crippen molar-refractivity contribution < 1.29 is 29.4 Å². The second-order valence-electron chi connectivity index (χ2n) is 7.97. The second-order valence-corrected chi connectivity index (χ2v) is 7.97. The molecule has 2 aromatic rings. The maximum atomic E-state index is 13.3. The van der Waals surface area contributed by atoms with Gasteiger partial charge in [-0.25, -0.2) is 14.8 Å². The number of carbonyl (C=O) groups is 4. The number of aromatic amines is 2. The number of hydrogen-bond acceptors (Lipinski definition) is 8. The van der Waals surface area contributed by atoms with Crippen LogP contribution in [0.15, 0.2) is 25.0 Å². The van der Waals surface area contributed by atoms with E-state index in [4.69, 9.17) is 10.8 Å². The number of carbonyl (C=O) groups excluding carboxylic acids is 3. The number of aliphatic hydroxyl groups excluding tert-OH is 1. The molecule has 2 aromatic heterocycles. The Balaban J connectivity index is 1.81. The average molecular weight is 476 g/mol. The van der Waals surface area contributed by atoms with Gasteiger partial charge in [-0.05, 0) is 12.8 Å². The normalized spacial score (nSPS) is 18.2. The summed E-state index contributed by atoms with van der Waals surface area (Å²) in [6.45, 7) is -0.365. The number of aliphatic carboxylic acids is 1. The SMILES string of the molecule is N[C@@H](CO)C(=O)N[C@@H](Cc1c[nH]cn1)C(=O)N[C@@H](Cc1c[nH]cn1)C(=O)N1CCC[C@H]1C(=O)O. The minimum absolute atomic E-state index is 0.00992. The molecule has 0 aromatic carbocycles. The first-order valence-corrected chi connectivity index (χ1v) is 10.8. The molecule has 1 saturated heterocycles. The van der Waals surface area contributed by atoms with Crippen LogP contribution in [0.4, 0.5) is 0 Å². The van der Waals surface area contributed by atoms with E-state index in [1.165, 1.54) is 17.6 Å². The number of carboxylic acids is 1. The fourth-order valence-electron chi connectivity index (χ4n) is 3.75. The zero-order valence-corrected chi connectivity index (χ0v) is 18.3. The smallest absolute Gasteiger partial charge is 0.326 e. The lowest BCUT2D eigenvalue weighted by Gasteiger charge is -2.28. The van der Waals surface area contributed by atoms with Crippen molar-refractivity contribution in [1.29, 1.82) is 0 Å². The van der Waals surface area contributed by atoms with Crippen LogP contribution in [-0.2, 0) is 32.0 Å². The van der Waals surface area contributed by atoms with Gasteiger partial charge in [-0.1, -0.05) is 0 Å². The quantitative estimate of drug-likeness (QED) is 0.179. The summed E-state index contributed by atoms with van der Waals surface area (Å²) in [7, 11) is 0. The van der Waals surface area contributed by atoms with Crippen molar-refractivity contribution >= 4 is 23.7 Å². The van der Waals surface area contributed by atoms with E-state index < -0.39 is 54.5 Å². The number of aliphatic hydroxyl groups is 1. The highest BCUT2D eigenvalue weighted by atomic mass is 16.4. The number of carboxylic acid groups (broad SMARTS) is 1. The lowest BCUT2D eigenvalue weighted by molar-refractivity contribution is -0.149. The van der Waals surface area contributed by atoms with Gasteiger partial charge in [-0.3, -0.25) is 14.4 Å². The first-order valence-electron chi connectivity index (χ1n) is 10.8. The summed E-state index contributed by atoms with van der Waals surface area (Å²) in [5, 5.41) is 23.7. The maximum Gasteiger partial charge on any atom is 0.326 e. The summed E-state index contributed by atoms with van der Waals surface area (Å²) in [6, 6.07) is -4.50. The van der Waals surface area contributed by atoms with Gasteiger partial charge in [0.2, 0.25) is 17.7 Å². The molecule has 8 N–H and O–H groups in total. The molecule has 1 fully saturated rings. The van der Waals surface area contributed by atoms with Gasteiger partial charge in [0.1, 0.15) is 24.2 Å². The summed E-state index contributed by atoms with van der Waals surface area (Å²) < 4.78 is 0. The summed E-state index contributed by atoms with van der Waals surface area (Å²) in [4.78, 5) is 65.3. The summed E-state index contributed by atoms with van der Waals surface area (Å²) in [5.41, 5.74) is 6.52. The predicted octanol–water partition coefficient (Wildman–Crippen LogP) is -2.72. The molecule has 0 radical (unpaired) electrons. The Morgan fingerprint density at radius 3 is 2.18 bits per heavy atom. The molecule has 4 atom stereocenters. The van der Waals surface area contributed by atoms with Crippen molar-refractivity contribution in [2.24, 2.45) is 5.73 Å². The third-order valence-corrected chi connectivity index (χ3v) is 5.54. The van der Waals surface area contributed by atoms with Crippen LogP contribution in [0, 0.1) is 0 Å². The van der Waals surface area contributed by atoms with Gasteiger partial charge >= 0.3 is 5.97 Å². The highest BCUT2D eigenvalue weighted by Crippen LogP contribution is 2.19. The number of nitrogens with two attached hydrogens (primary N) is 1. The Bertz CT molecular complexity index is 979. The fraction of sp³-hybridized carbons (Fsp3) is 0.500. The minimum Gasteiger partial charge on any atom is -0.480 e. The van der Waals surface area contributed by atoms with Gasteiger partial charge in [-0.2, -0.15) is 0 Å². The van der Waals surface area contributed by atoms with Crippen molar-refractivity contribution in [3.8, 4) is 0 Å². The molecule has 0 saturated carbocycles. The van der Waals surface area contributed by atoms with Crippen molar-refractivity contribution in [1.82, 2.24) is 35.5 Å².